The van der Waals surface area contributed by atoms with Gasteiger partial charge in [-0.2, -0.15) is 8.42 Å². The summed E-state index contributed by atoms with van der Waals surface area (Å²) in [6.07, 6.45) is 0.993. The van der Waals surface area contributed by atoms with Crippen LogP contribution < -0.4 is 6.15 Å². The van der Waals surface area contributed by atoms with Crippen molar-refractivity contribution in [2.75, 3.05) is 13.4 Å². The molecule has 0 amide bonds. The van der Waals surface area contributed by atoms with E-state index in [1.165, 1.54) is 0 Å². The molecular formula is C2H9NO3S. The Morgan fingerprint density at radius 1 is 1.43 bits per heavy atom. The molecule has 7 heavy (non-hydrogen) atoms. The van der Waals surface area contributed by atoms with E-state index < -0.39 is 10.1 Å². The molecule has 0 atom stereocenters. The Morgan fingerprint density at radius 2 is 1.57 bits per heavy atom. The third kappa shape index (κ3) is 10.7. The van der Waals surface area contributed by atoms with E-state index >= 15 is 0 Å². The highest BCUT2D eigenvalue weighted by Crippen LogP contribution is 1.75. The minimum atomic E-state index is -3.16. The van der Waals surface area contributed by atoms with E-state index in [1.54, 1.807) is 0 Å². The molecule has 5 heteroatoms. The molecule has 0 saturated heterocycles. The summed E-state index contributed by atoms with van der Waals surface area (Å²) in [6.45, 7) is 0. The van der Waals surface area contributed by atoms with Crippen LogP contribution in [0.3, 0.4) is 0 Å². The van der Waals surface area contributed by atoms with Crippen LogP contribution in [0.2, 0.25) is 0 Å². The van der Waals surface area contributed by atoms with Crippen LogP contribution in [0.5, 0.6) is 0 Å². The first kappa shape index (κ1) is 9.98. The predicted octanol–water partition coefficient (Wildman–Crippen LogP) is -0.246. The Hall–Kier alpha value is -0.130. The zero-order valence-corrected chi connectivity index (χ0v) is 5.16. The van der Waals surface area contributed by atoms with E-state index in [9.17, 15) is 8.42 Å². The van der Waals surface area contributed by atoms with Crippen molar-refractivity contribution < 1.29 is 12.6 Å². The number of hydrogen-bond acceptors (Lipinski definition) is 4. The normalized spacial score (nSPS) is 10.0. The van der Waals surface area contributed by atoms with Crippen molar-refractivity contribution in [2.24, 2.45) is 0 Å². The first-order valence-corrected chi connectivity index (χ1v) is 3.13. The second-order valence-corrected chi connectivity index (χ2v) is 2.61. The van der Waals surface area contributed by atoms with Gasteiger partial charge in [0.05, 0.1) is 13.4 Å². The molecule has 0 saturated carbocycles. The maximum Gasteiger partial charge on any atom is 0.264 e. The summed E-state index contributed by atoms with van der Waals surface area (Å²) in [5.74, 6) is 0. The van der Waals surface area contributed by atoms with Crippen molar-refractivity contribution in [3.63, 3.8) is 0 Å². The molecule has 0 aromatic carbocycles. The summed E-state index contributed by atoms with van der Waals surface area (Å²) in [5, 5.41) is 0. The van der Waals surface area contributed by atoms with Crippen LogP contribution in [0.1, 0.15) is 0 Å². The predicted molar refractivity (Wildman–Crippen MR) is 26.9 cm³/mol. The maximum atomic E-state index is 9.78. The third-order valence-electron chi connectivity index (χ3n) is 0.303. The largest absolute Gasteiger partial charge is 0.344 e. The van der Waals surface area contributed by atoms with Gasteiger partial charge in [-0.1, -0.05) is 0 Å². The fourth-order valence-electron chi connectivity index (χ4n) is 0. The molecule has 46 valence electrons. The molecule has 0 heterocycles. The second kappa shape index (κ2) is 2.95. The van der Waals surface area contributed by atoms with E-state index in [2.05, 4.69) is 4.18 Å². The third-order valence-corrected chi connectivity index (χ3v) is 0.908. The molecule has 0 bridgehead atoms. The highest BCUT2D eigenvalue weighted by atomic mass is 32.2. The van der Waals surface area contributed by atoms with Gasteiger partial charge in [-0.15, -0.1) is 0 Å². The molecule has 0 unspecified atom stereocenters. The summed E-state index contributed by atoms with van der Waals surface area (Å²) in [4.78, 5) is 0. The van der Waals surface area contributed by atoms with Gasteiger partial charge >= 0.3 is 0 Å². The van der Waals surface area contributed by atoms with Crippen LogP contribution >= 0.6 is 0 Å². The highest BCUT2D eigenvalue weighted by molar-refractivity contribution is 7.85. The second-order valence-electron chi connectivity index (χ2n) is 0.871. The average molecular weight is 127 g/mol. The Balaban J connectivity index is 0. The topological polar surface area (TPSA) is 78.4 Å². The lowest BCUT2D eigenvalue weighted by molar-refractivity contribution is 0.403. The summed E-state index contributed by atoms with van der Waals surface area (Å²) < 4.78 is 23.5. The van der Waals surface area contributed by atoms with Crippen LogP contribution in [0.25, 0.3) is 0 Å². The van der Waals surface area contributed by atoms with E-state index in [4.69, 9.17) is 0 Å². The van der Waals surface area contributed by atoms with Gasteiger partial charge in [-0.3, -0.25) is 4.18 Å². The van der Waals surface area contributed by atoms with Crippen LogP contribution in [-0.2, 0) is 14.3 Å². The standard InChI is InChI=1S/C2H6O3S.H3N/c1-5-6(2,3)4;/h1-2H3;1H3. The molecule has 4 nitrogen and oxygen atoms in total. The molecule has 0 aliphatic heterocycles. The van der Waals surface area contributed by atoms with E-state index in [0.717, 1.165) is 13.4 Å². The van der Waals surface area contributed by atoms with Gasteiger partial charge in [0, 0.05) is 0 Å². The molecule has 0 aliphatic carbocycles. The maximum absolute atomic E-state index is 9.78. The minimum absolute atomic E-state index is 0. The summed E-state index contributed by atoms with van der Waals surface area (Å²) >= 11 is 0. The fraction of sp³-hybridized carbons (Fsp3) is 1.00. The minimum Gasteiger partial charge on any atom is -0.344 e. The van der Waals surface area contributed by atoms with Gasteiger partial charge in [0.2, 0.25) is 0 Å². The van der Waals surface area contributed by atoms with Crippen LogP contribution in [-0.4, -0.2) is 21.8 Å². The average Bonchev–Trinajstić information content (AvgIpc) is 1.35. The Kier molecular flexibility index (Phi) is 4.21. The van der Waals surface area contributed by atoms with Gasteiger partial charge in [-0.05, 0) is 0 Å². The zero-order valence-electron chi connectivity index (χ0n) is 4.34. The summed E-state index contributed by atoms with van der Waals surface area (Å²) in [6, 6.07) is 0. The van der Waals surface area contributed by atoms with Crippen molar-refractivity contribution >= 4 is 10.1 Å². The summed E-state index contributed by atoms with van der Waals surface area (Å²) in [5.41, 5.74) is 0. The molecule has 0 fully saturated rings. The number of hydrogen-bond donors (Lipinski definition) is 1. The number of rotatable bonds is 1. The SMILES string of the molecule is COS(C)(=O)=O.N. The zero-order chi connectivity index (χ0) is 5.21. The van der Waals surface area contributed by atoms with Crippen molar-refractivity contribution in [2.45, 2.75) is 0 Å². The van der Waals surface area contributed by atoms with Crippen molar-refractivity contribution in [1.29, 1.82) is 0 Å². The first-order chi connectivity index (χ1) is 2.56. The van der Waals surface area contributed by atoms with Crippen molar-refractivity contribution in [3.8, 4) is 0 Å². The fourth-order valence-corrected chi connectivity index (χ4v) is 0. The highest BCUT2D eigenvalue weighted by Gasteiger charge is 1.90. The van der Waals surface area contributed by atoms with Gasteiger partial charge in [0.15, 0.2) is 0 Å². The molecule has 0 aliphatic rings. The molecular weight excluding hydrogens is 118 g/mol. The molecule has 0 radical (unpaired) electrons. The van der Waals surface area contributed by atoms with Crippen LogP contribution in [0.4, 0.5) is 0 Å². The van der Waals surface area contributed by atoms with Crippen LogP contribution in [0.15, 0.2) is 0 Å². The van der Waals surface area contributed by atoms with E-state index in [0.29, 0.717) is 0 Å². The molecule has 0 rings (SSSR count). The molecule has 0 aromatic rings. The Bertz CT molecular complexity index is 115. The Morgan fingerprint density at radius 3 is 1.57 bits per heavy atom. The van der Waals surface area contributed by atoms with Crippen molar-refractivity contribution in [1.82, 2.24) is 6.15 Å². The molecule has 0 aromatic heterocycles. The smallest absolute Gasteiger partial charge is 0.264 e. The van der Waals surface area contributed by atoms with Gasteiger partial charge in [0.1, 0.15) is 0 Å². The lowest BCUT2D eigenvalue weighted by atomic mass is 11.8. The van der Waals surface area contributed by atoms with E-state index in [-0.39, 0.29) is 6.15 Å². The monoisotopic (exact) mass is 127 g/mol. The molecule has 3 N–H and O–H groups in total. The Labute approximate surface area is 43.2 Å². The first-order valence-electron chi connectivity index (χ1n) is 1.32. The molecule has 0 spiro atoms. The van der Waals surface area contributed by atoms with Crippen LogP contribution in [0, 0.1) is 0 Å². The lowest BCUT2D eigenvalue weighted by Crippen LogP contribution is -1.95. The van der Waals surface area contributed by atoms with Gasteiger partial charge in [-0.25, -0.2) is 0 Å². The van der Waals surface area contributed by atoms with E-state index in [1.807, 2.05) is 0 Å². The lowest BCUT2D eigenvalue weighted by Gasteiger charge is -1.84. The quantitative estimate of drug-likeness (QED) is 0.493. The summed E-state index contributed by atoms with van der Waals surface area (Å²) in [7, 11) is -2.04. The van der Waals surface area contributed by atoms with Crippen molar-refractivity contribution in [3.05, 3.63) is 0 Å². The van der Waals surface area contributed by atoms with Gasteiger partial charge in [0.25, 0.3) is 10.1 Å². The van der Waals surface area contributed by atoms with Gasteiger partial charge < -0.3 is 6.15 Å².